The van der Waals surface area contributed by atoms with E-state index in [0.29, 0.717) is 5.56 Å². The summed E-state index contributed by atoms with van der Waals surface area (Å²) < 4.78 is 6.45. The van der Waals surface area contributed by atoms with Gasteiger partial charge in [-0.25, -0.2) is 4.79 Å². The predicted molar refractivity (Wildman–Crippen MR) is 89.1 cm³/mol. The fraction of sp³-hybridized carbons (Fsp3) is 0.625. The summed E-state index contributed by atoms with van der Waals surface area (Å²) in [6.07, 6.45) is 4.70. The Morgan fingerprint density at radius 2 is 2.12 bits per heavy atom. The fourth-order valence-electron chi connectivity index (χ4n) is 2.64. The van der Waals surface area contributed by atoms with Crippen LogP contribution < -0.4 is 11.4 Å². The summed E-state index contributed by atoms with van der Waals surface area (Å²) in [6, 6.07) is 0. The first-order valence-corrected chi connectivity index (χ1v) is 8.17. The highest BCUT2D eigenvalue weighted by molar-refractivity contribution is 5.59. The van der Waals surface area contributed by atoms with Crippen molar-refractivity contribution in [3.05, 3.63) is 28.3 Å². The van der Waals surface area contributed by atoms with E-state index >= 15 is 0 Å². The number of aliphatic hydroxyl groups excluding tert-OH is 3. The summed E-state index contributed by atoms with van der Waals surface area (Å²) in [6.45, 7) is 1.67. The summed E-state index contributed by atoms with van der Waals surface area (Å²) in [5.41, 5.74) is 5.62. The molecule has 24 heavy (non-hydrogen) atoms. The molecule has 0 aliphatic carbocycles. The zero-order chi connectivity index (χ0) is 17.7. The summed E-state index contributed by atoms with van der Waals surface area (Å²) in [4.78, 5) is 15.8. The molecule has 1 aromatic heterocycles. The van der Waals surface area contributed by atoms with E-state index in [4.69, 9.17) is 15.6 Å². The van der Waals surface area contributed by atoms with Gasteiger partial charge in [-0.15, -0.1) is 0 Å². The number of nitrogens with two attached hydrogens (primary N) is 1. The largest absolute Gasteiger partial charge is 0.394 e. The second-order valence-electron chi connectivity index (χ2n) is 5.90. The van der Waals surface area contributed by atoms with Crippen molar-refractivity contribution in [1.82, 2.24) is 9.55 Å². The number of hydrogen-bond acceptors (Lipinski definition) is 7. The van der Waals surface area contributed by atoms with E-state index in [0.717, 1.165) is 30.3 Å². The Morgan fingerprint density at radius 3 is 2.75 bits per heavy atom. The fourth-order valence-corrected chi connectivity index (χ4v) is 2.64. The molecule has 8 heteroatoms. The first kappa shape index (κ1) is 18.6. The van der Waals surface area contributed by atoms with Crippen LogP contribution in [0.2, 0.25) is 0 Å². The highest BCUT2D eigenvalue weighted by Crippen LogP contribution is 2.28. The molecule has 4 atom stereocenters. The van der Waals surface area contributed by atoms with Crippen LogP contribution in [0.4, 0.5) is 5.82 Å². The lowest BCUT2D eigenvalue weighted by Crippen LogP contribution is -2.36. The smallest absolute Gasteiger partial charge is 0.351 e. The van der Waals surface area contributed by atoms with Gasteiger partial charge in [0.05, 0.1) is 6.61 Å². The van der Waals surface area contributed by atoms with E-state index in [-0.39, 0.29) is 5.82 Å². The Morgan fingerprint density at radius 1 is 1.38 bits per heavy atom. The van der Waals surface area contributed by atoms with Crippen molar-refractivity contribution in [1.29, 1.82) is 0 Å². The van der Waals surface area contributed by atoms with E-state index in [1.165, 1.54) is 6.20 Å². The van der Waals surface area contributed by atoms with Crippen LogP contribution in [0.1, 0.15) is 44.4 Å². The molecule has 0 aromatic carbocycles. The van der Waals surface area contributed by atoms with Crippen molar-refractivity contribution in [3.8, 4) is 0 Å². The first-order valence-electron chi connectivity index (χ1n) is 8.17. The molecule has 1 aliphatic heterocycles. The van der Waals surface area contributed by atoms with Crippen LogP contribution in [0.25, 0.3) is 6.08 Å². The number of allylic oxidation sites excluding steroid dienone is 1. The van der Waals surface area contributed by atoms with Crippen LogP contribution in [0, 0.1) is 0 Å². The van der Waals surface area contributed by atoms with Crippen LogP contribution >= 0.6 is 0 Å². The molecular formula is C16H25N3O5. The maximum Gasteiger partial charge on any atom is 0.351 e. The van der Waals surface area contributed by atoms with Gasteiger partial charge in [-0.2, -0.15) is 4.98 Å². The van der Waals surface area contributed by atoms with Gasteiger partial charge in [-0.3, -0.25) is 4.57 Å². The Bertz CT molecular complexity index is 631. The quantitative estimate of drug-likeness (QED) is 0.515. The minimum Gasteiger partial charge on any atom is -0.394 e. The van der Waals surface area contributed by atoms with Crippen molar-refractivity contribution in [2.45, 2.75) is 57.1 Å². The molecule has 134 valence electrons. The lowest BCUT2D eigenvalue weighted by atomic mass is 10.1. The number of hydrogen-bond donors (Lipinski definition) is 4. The molecule has 2 heterocycles. The van der Waals surface area contributed by atoms with E-state index < -0.39 is 36.8 Å². The van der Waals surface area contributed by atoms with Gasteiger partial charge < -0.3 is 25.8 Å². The molecule has 0 amide bonds. The lowest BCUT2D eigenvalue weighted by Gasteiger charge is -2.18. The molecule has 0 saturated carbocycles. The zero-order valence-electron chi connectivity index (χ0n) is 13.7. The molecule has 5 N–H and O–H groups in total. The van der Waals surface area contributed by atoms with Crippen molar-refractivity contribution >= 4 is 11.9 Å². The van der Waals surface area contributed by atoms with Crippen LogP contribution in [-0.4, -0.2) is 49.8 Å². The van der Waals surface area contributed by atoms with Crippen molar-refractivity contribution in [2.75, 3.05) is 12.3 Å². The second-order valence-corrected chi connectivity index (χ2v) is 5.90. The SMILES string of the molecule is CCCCCC=Cc1cn([C@@H]2O[C@H](CO)[C@@H](O)[C@@H]2O)c(=O)nc1N. The maximum absolute atomic E-state index is 12.1. The summed E-state index contributed by atoms with van der Waals surface area (Å²) >= 11 is 0. The van der Waals surface area contributed by atoms with Crippen LogP contribution in [0.15, 0.2) is 17.1 Å². The molecule has 1 aliphatic rings. The van der Waals surface area contributed by atoms with E-state index in [2.05, 4.69) is 11.9 Å². The first-order chi connectivity index (χ1) is 11.5. The van der Waals surface area contributed by atoms with E-state index in [9.17, 15) is 15.0 Å². The summed E-state index contributed by atoms with van der Waals surface area (Å²) in [5.74, 6) is 0.0923. The lowest BCUT2D eigenvalue weighted by molar-refractivity contribution is -0.0549. The van der Waals surface area contributed by atoms with Crippen LogP contribution in [0.5, 0.6) is 0 Å². The average molecular weight is 339 g/mol. The Kier molecular flexibility index (Phi) is 6.50. The number of anilines is 1. The summed E-state index contributed by atoms with van der Waals surface area (Å²) in [5, 5.41) is 29.0. The number of ether oxygens (including phenoxy) is 1. The molecule has 1 saturated heterocycles. The van der Waals surface area contributed by atoms with E-state index in [1.807, 2.05) is 6.08 Å². The molecule has 1 aromatic rings. The molecule has 1 fully saturated rings. The van der Waals surface area contributed by atoms with Crippen LogP contribution in [0.3, 0.4) is 0 Å². The molecule has 0 unspecified atom stereocenters. The van der Waals surface area contributed by atoms with Crippen LogP contribution in [-0.2, 0) is 4.74 Å². The molecule has 2 rings (SSSR count). The third-order valence-electron chi connectivity index (χ3n) is 4.07. The standard InChI is InChI=1S/C16H25N3O5/c1-2-3-4-5-6-7-10-8-19(16(23)18-14(10)17)15-13(22)12(21)11(9-20)24-15/h6-8,11-13,15,20-22H,2-5,9H2,1H3,(H2,17,18,23)/t11-,12-,13+,15-/m1/s1. The number of rotatable bonds is 7. The van der Waals surface area contributed by atoms with Gasteiger partial charge in [0, 0.05) is 11.8 Å². The van der Waals surface area contributed by atoms with Crippen molar-refractivity contribution < 1.29 is 20.1 Å². The summed E-state index contributed by atoms with van der Waals surface area (Å²) in [7, 11) is 0. The topological polar surface area (TPSA) is 131 Å². The number of aliphatic hydroxyl groups is 3. The van der Waals surface area contributed by atoms with E-state index in [1.54, 1.807) is 6.08 Å². The number of unbranched alkanes of at least 4 members (excludes halogenated alkanes) is 3. The Balaban J connectivity index is 2.22. The third kappa shape index (κ3) is 4.02. The average Bonchev–Trinajstić information content (AvgIpc) is 2.84. The molecule has 0 spiro atoms. The van der Waals surface area contributed by atoms with Gasteiger partial charge in [0.25, 0.3) is 0 Å². The van der Waals surface area contributed by atoms with Gasteiger partial charge in [-0.1, -0.05) is 31.9 Å². The number of nitrogen functional groups attached to an aromatic ring is 1. The molecule has 0 radical (unpaired) electrons. The van der Waals surface area contributed by atoms with Gasteiger partial charge in [-0.05, 0) is 12.8 Å². The predicted octanol–water partition coefficient (Wildman–Crippen LogP) is 0.0305. The van der Waals surface area contributed by atoms with Gasteiger partial charge >= 0.3 is 5.69 Å². The van der Waals surface area contributed by atoms with Gasteiger partial charge in [0.15, 0.2) is 6.23 Å². The number of nitrogens with zero attached hydrogens (tertiary/aromatic N) is 2. The Hall–Kier alpha value is -1.74. The third-order valence-corrected chi connectivity index (χ3v) is 4.07. The molecular weight excluding hydrogens is 314 g/mol. The maximum atomic E-state index is 12.1. The van der Waals surface area contributed by atoms with Crippen molar-refractivity contribution in [2.24, 2.45) is 0 Å². The highest BCUT2D eigenvalue weighted by Gasteiger charge is 2.43. The highest BCUT2D eigenvalue weighted by atomic mass is 16.6. The van der Waals surface area contributed by atoms with Gasteiger partial charge in [0.2, 0.25) is 0 Å². The van der Waals surface area contributed by atoms with Gasteiger partial charge in [0.1, 0.15) is 24.1 Å². The monoisotopic (exact) mass is 339 g/mol. The Labute approximate surface area is 140 Å². The molecule has 8 nitrogen and oxygen atoms in total. The normalized spacial score (nSPS) is 27.2. The zero-order valence-corrected chi connectivity index (χ0v) is 13.7. The second kappa shape index (κ2) is 8.39. The minimum absolute atomic E-state index is 0.0923. The molecule has 0 bridgehead atoms. The van der Waals surface area contributed by atoms with Crippen molar-refractivity contribution in [3.63, 3.8) is 0 Å². The number of aromatic nitrogens is 2. The minimum atomic E-state index is -1.34.